The number of alkyl halides is 3. The van der Waals surface area contributed by atoms with Crippen LogP contribution in [-0.4, -0.2) is 23.0 Å². The van der Waals surface area contributed by atoms with Crippen molar-refractivity contribution in [3.63, 3.8) is 0 Å². The second-order valence-electron chi connectivity index (χ2n) is 3.45. The molecule has 0 aromatic carbocycles. The molecule has 0 radical (unpaired) electrons. The van der Waals surface area contributed by atoms with Gasteiger partial charge in [-0.2, -0.15) is 18.3 Å². The monoisotopic (exact) mass is 221 g/mol. The fraction of sp³-hybridized carbons (Fsp3) is 0.667. The molecular weight excluding hydrogens is 207 g/mol. The second-order valence-corrected chi connectivity index (χ2v) is 3.45. The minimum atomic E-state index is -4.22. The molecule has 1 aromatic heterocycles. The molecule has 3 nitrogen and oxygen atoms in total. The lowest BCUT2D eigenvalue weighted by molar-refractivity contribution is -0.142. The van der Waals surface area contributed by atoms with Crippen LogP contribution in [0, 0.1) is 13.8 Å². The first-order valence-corrected chi connectivity index (χ1v) is 4.59. The topological polar surface area (TPSA) is 29.9 Å². The molecule has 0 aliphatic carbocycles. The molecule has 6 heteroatoms. The number of halogens is 3. The van der Waals surface area contributed by atoms with Crippen LogP contribution in [0.25, 0.3) is 0 Å². The van der Waals surface area contributed by atoms with Crippen LogP contribution in [-0.2, 0) is 13.1 Å². The van der Waals surface area contributed by atoms with Crippen LogP contribution in [0.1, 0.15) is 17.0 Å². The summed E-state index contributed by atoms with van der Waals surface area (Å²) in [6.07, 6.45) is -4.22. The van der Waals surface area contributed by atoms with Gasteiger partial charge in [-0.3, -0.25) is 4.68 Å². The van der Waals surface area contributed by atoms with Crippen LogP contribution in [0.2, 0.25) is 0 Å². The number of nitrogens with zero attached hydrogens (tertiary/aromatic N) is 2. The van der Waals surface area contributed by atoms with Crippen molar-refractivity contribution in [3.8, 4) is 0 Å². The maximum atomic E-state index is 12.2. The van der Waals surface area contributed by atoms with E-state index < -0.39 is 12.7 Å². The molecular formula is C9H14F3N3. The van der Waals surface area contributed by atoms with Gasteiger partial charge in [-0.15, -0.1) is 0 Å². The third-order valence-electron chi connectivity index (χ3n) is 2.21. The molecule has 86 valence electrons. The molecule has 0 saturated carbocycles. The van der Waals surface area contributed by atoms with Gasteiger partial charge in [0.25, 0.3) is 0 Å². The van der Waals surface area contributed by atoms with E-state index >= 15 is 0 Å². The van der Waals surface area contributed by atoms with Crippen LogP contribution in [0.3, 0.4) is 0 Å². The number of rotatable bonds is 3. The fourth-order valence-electron chi connectivity index (χ4n) is 1.49. The van der Waals surface area contributed by atoms with Crippen molar-refractivity contribution in [1.82, 2.24) is 15.1 Å². The summed E-state index contributed by atoms with van der Waals surface area (Å²) in [4.78, 5) is 0. The number of aryl methyl sites for hydroxylation is 1. The molecule has 0 amide bonds. The van der Waals surface area contributed by atoms with Crippen molar-refractivity contribution in [1.29, 1.82) is 0 Å². The van der Waals surface area contributed by atoms with Crippen molar-refractivity contribution in [2.24, 2.45) is 0 Å². The van der Waals surface area contributed by atoms with Crippen molar-refractivity contribution in [2.45, 2.75) is 33.1 Å². The molecule has 1 aromatic rings. The Labute approximate surface area is 86.3 Å². The van der Waals surface area contributed by atoms with Gasteiger partial charge in [0.1, 0.15) is 6.54 Å². The zero-order valence-electron chi connectivity index (χ0n) is 8.94. The average Bonchev–Trinajstić information content (AvgIpc) is 2.30. The van der Waals surface area contributed by atoms with E-state index in [1.165, 1.54) is 0 Å². The Balaban J connectivity index is 2.96. The minimum Gasteiger partial charge on any atom is -0.316 e. The second kappa shape index (κ2) is 4.22. The largest absolute Gasteiger partial charge is 0.408 e. The Morgan fingerprint density at radius 3 is 2.40 bits per heavy atom. The molecule has 0 unspecified atom stereocenters. The Morgan fingerprint density at radius 2 is 1.93 bits per heavy atom. The normalized spacial score (nSPS) is 12.1. The molecule has 15 heavy (non-hydrogen) atoms. The van der Waals surface area contributed by atoms with Gasteiger partial charge >= 0.3 is 6.18 Å². The third-order valence-corrected chi connectivity index (χ3v) is 2.21. The van der Waals surface area contributed by atoms with Gasteiger partial charge in [0.05, 0.1) is 5.69 Å². The van der Waals surface area contributed by atoms with Crippen LogP contribution < -0.4 is 5.32 Å². The Hall–Kier alpha value is -1.04. The van der Waals surface area contributed by atoms with E-state index in [-0.39, 0.29) is 0 Å². The number of nitrogens with one attached hydrogen (secondary N) is 1. The maximum Gasteiger partial charge on any atom is 0.408 e. The van der Waals surface area contributed by atoms with E-state index in [2.05, 4.69) is 10.4 Å². The quantitative estimate of drug-likeness (QED) is 0.843. The van der Waals surface area contributed by atoms with Crippen molar-refractivity contribution in [3.05, 3.63) is 17.0 Å². The lowest BCUT2D eigenvalue weighted by Gasteiger charge is -2.08. The molecule has 1 heterocycles. The average molecular weight is 221 g/mol. The summed E-state index contributed by atoms with van der Waals surface area (Å²) in [5, 5.41) is 6.78. The minimum absolute atomic E-state index is 0.537. The zero-order chi connectivity index (χ0) is 11.6. The lowest BCUT2D eigenvalue weighted by Crippen LogP contribution is -2.19. The maximum absolute atomic E-state index is 12.2. The van der Waals surface area contributed by atoms with E-state index in [1.54, 1.807) is 20.9 Å². The summed E-state index contributed by atoms with van der Waals surface area (Å²) in [5.41, 5.74) is 2.05. The molecule has 0 aliphatic heterocycles. The highest BCUT2D eigenvalue weighted by Crippen LogP contribution is 2.20. The molecule has 0 spiro atoms. The molecule has 0 fully saturated rings. The highest BCUT2D eigenvalue weighted by atomic mass is 19.4. The molecule has 1 N–H and O–H groups in total. The van der Waals surface area contributed by atoms with Gasteiger partial charge < -0.3 is 5.32 Å². The number of hydrogen-bond donors (Lipinski definition) is 1. The van der Waals surface area contributed by atoms with Crippen LogP contribution in [0.5, 0.6) is 0 Å². The first-order chi connectivity index (χ1) is 6.85. The summed E-state index contributed by atoms with van der Waals surface area (Å²) in [5.74, 6) is 0. The van der Waals surface area contributed by atoms with E-state index in [9.17, 15) is 13.2 Å². The smallest absolute Gasteiger partial charge is 0.316 e. The first-order valence-electron chi connectivity index (χ1n) is 4.59. The number of hydrogen-bond acceptors (Lipinski definition) is 2. The first kappa shape index (κ1) is 12.0. The van der Waals surface area contributed by atoms with Crippen molar-refractivity contribution in [2.75, 3.05) is 7.05 Å². The summed E-state index contributed by atoms with van der Waals surface area (Å²) in [7, 11) is 1.75. The molecule has 0 saturated heterocycles. The highest BCUT2D eigenvalue weighted by molar-refractivity contribution is 5.24. The summed E-state index contributed by atoms with van der Waals surface area (Å²) < 4.78 is 37.5. The molecule has 1 rings (SSSR count). The lowest BCUT2D eigenvalue weighted by atomic mass is 10.2. The van der Waals surface area contributed by atoms with E-state index in [0.29, 0.717) is 17.9 Å². The predicted molar refractivity (Wildman–Crippen MR) is 50.5 cm³/mol. The fourth-order valence-corrected chi connectivity index (χ4v) is 1.49. The van der Waals surface area contributed by atoms with Gasteiger partial charge in [0, 0.05) is 17.8 Å². The van der Waals surface area contributed by atoms with Gasteiger partial charge in [-0.1, -0.05) is 0 Å². The summed E-state index contributed by atoms with van der Waals surface area (Å²) >= 11 is 0. The van der Waals surface area contributed by atoms with E-state index in [0.717, 1.165) is 10.2 Å². The Kier molecular flexibility index (Phi) is 3.38. The highest BCUT2D eigenvalue weighted by Gasteiger charge is 2.29. The van der Waals surface area contributed by atoms with Crippen LogP contribution in [0.4, 0.5) is 13.2 Å². The van der Waals surface area contributed by atoms with E-state index in [1.807, 2.05) is 0 Å². The molecule has 0 atom stereocenters. The summed E-state index contributed by atoms with van der Waals surface area (Å²) in [6.45, 7) is 2.88. The Bertz CT molecular complexity index is 341. The third kappa shape index (κ3) is 2.95. The van der Waals surface area contributed by atoms with Crippen molar-refractivity contribution >= 4 is 0 Å². The zero-order valence-corrected chi connectivity index (χ0v) is 8.94. The van der Waals surface area contributed by atoms with Gasteiger partial charge in [0.2, 0.25) is 0 Å². The van der Waals surface area contributed by atoms with E-state index in [4.69, 9.17) is 0 Å². The predicted octanol–water partition coefficient (Wildman–Crippen LogP) is 1.78. The Morgan fingerprint density at radius 1 is 1.33 bits per heavy atom. The SMILES string of the molecule is CNCc1c(C)nn(CC(F)(F)F)c1C. The molecule has 0 aliphatic rings. The van der Waals surface area contributed by atoms with Crippen molar-refractivity contribution < 1.29 is 13.2 Å². The van der Waals surface area contributed by atoms with Gasteiger partial charge in [-0.05, 0) is 20.9 Å². The van der Waals surface area contributed by atoms with Gasteiger partial charge in [-0.25, -0.2) is 0 Å². The molecule has 0 bridgehead atoms. The van der Waals surface area contributed by atoms with Crippen LogP contribution in [0.15, 0.2) is 0 Å². The summed E-state index contributed by atoms with van der Waals surface area (Å²) in [6, 6.07) is 0. The van der Waals surface area contributed by atoms with Gasteiger partial charge in [0.15, 0.2) is 0 Å². The standard InChI is InChI=1S/C9H14F3N3/c1-6-8(4-13-3)7(2)15(14-6)5-9(10,11)12/h13H,4-5H2,1-3H3. The van der Waals surface area contributed by atoms with Crippen LogP contribution >= 0.6 is 0 Å². The number of aromatic nitrogens is 2.